The van der Waals surface area contributed by atoms with Crippen LogP contribution in [0.4, 0.5) is 0 Å². The smallest absolute Gasteiger partial charge is 0.338 e. The van der Waals surface area contributed by atoms with E-state index in [9.17, 15) is 9.59 Å². The maximum absolute atomic E-state index is 14.2. The largest absolute Gasteiger partial charge is 0.463 e. The fourth-order valence-electron chi connectivity index (χ4n) is 5.53. The lowest BCUT2D eigenvalue weighted by Gasteiger charge is -2.24. The van der Waals surface area contributed by atoms with Crippen molar-refractivity contribution < 1.29 is 19.0 Å². The minimum absolute atomic E-state index is 0.125. The molecule has 2 aliphatic rings. The van der Waals surface area contributed by atoms with Crippen LogP contribution in [0.25, 0.3) is 27.6 Å². The van der Waals surface area contributed by atoms with E-state index in [1.54, 1.807) is 24.5 Å². The summed E-state index contributed by atoms with van der Waals surface area (Å²) in [4.78, 5) is 32.6. The minimum Gasteiger partial charge on any atom is -0.463 e. The van der Waals surface area contributed by atoms with Crippen LogP contribution in [-0.2, 0) is 9.53 Å². The number of allylic oxidation sites excluding steroid dienone is 1. The van der Waals surface area contributed by atoms with Gasteiger partial charge < -0.3 is 14.2 Å². The number of hydrogen-bond donors (Lipinski definition) is 0. The zero-order valence-corrected chi connectivity index (χ0v) is 22.7. The van der Waals surface area contributed by atoms with Gasteiger partial charge in [-0.1, -0.05) is 65.9 Å². The summed E-state index contributed by atoms with van der Waals surface area (Å²) in [6, 6.07) is 23.3. The summed E-state index contributed by atoms with van der Waals surface area (Å²) in [5.41, 5.74) is 2.31. The first-order valence-corrected chi connectivity index (χ1v) is 13.8. The molecule has 0 saturated heterocycles. The standard InChI is InChI=1S/C32H24N2O5S/c1-3-37-31(36)28-18(2)33-32-34(29(28)21-12-13-25-26(15-21)39-17-38-25)30(35)27(40-32)16-24-22-10-6-4-8-19(22)14-20-9-5-7-11-23(20)24/h4-16,29H,3,17H2,1-2H3. The number of ether oxygens (including phenoxy) is 3. The molecular weight excluding hydrogens is 524 g/mol. The Balaban J connectivity index is 1.49. The summed E-state index contributed by atoms with van der Waals surface area (Å²) in [5, 5.41) is 4.31. The fraction of sp³-hybridized carbons (Fsp3) is 0.156. The van der Waals surface area contributed by atoms with Gasteiger partial charge in [0.1, 0.15) is 0 Å². The van der Waals surface area contributed by atoms with E-state index >= 15 is 0 Å². The molecule has 1 atom stereocenters. The van der Waals surface area contributed by atoms with Crippen molar-refractivity contribution in [2.75, 3.05) is 13.4 Å². The third kappa shape index (κ3) is 3.83. The lowest BCUT2D eigenvalue weighted by atomic mass is 9.95. The van der Waals surface area contributed by atoms with E-state index in [1.165, 1.54) is 11.3 Å². The van der Waals surface area contributed by atoms with Gasteiger partial charge in [0.15, 0.2) is 16.3 Å². The summed E-state index contributed by atoms with van der Waals surface area (Å²) < 4.78 is 18.7. The molecule has 1 unspecified atom stereocenters. The second-order valence-electron chi connectivity index (χ2n) is 9.65. The maximum atomic E-state index is 14.2. The summed E-state index contributed by atoms with van der Waals surface area (Å²) in [7, 11) is 0. The van der Waals surface area contributed by atoms with Crippen molar-refractivity contribution >= 4 is 44.9 Å². The van der Waals surface area contributed by atoms with E-state index in [0.717, 1.165) is 27.1 Å². The Labute approximate surface area is 232 Å². The third-order valence-corrected chi connectivity index (χ3v) is 8.30. The SMILES string of the molecule is CCOC(=O)C1=C(C)N=c2sc(=Cc3c4ccccc4cc4ccccc34)c(=O)n2C1c1ccc2c(c1)OCO2. The molecule has 0 aliphatic carbocycles. The number of benzene rings is 4. The number of thiazole rings is 1. The average Bonchev–Trinajstić information content (AvgIpc) is 3.55. The van der Waals surface area contributed by atoms with Crippen LogP contribution in [0.1, 0.15) is 31.0 Å². The number of rotatable bonds is 4. The highest BCUT2D eigenvalue weighted by molar-refractivity contribution is 7.07. The molecule has 7 nitrogen and oxygen atoms in total. The molecule has 3 heterocycles. The monoisotopic (exact) mass is 548 g/mol. The number of aromatic nitrogens is 1. The number of carbonyl (C=O) groups is 1. The lowest BCUT2D eigenvalue weighted by molar-refractivity contribution is -0.139. The highest BCUT2D eigenvalue weighted by Crippen LogP contribution is 2.38. The average molecular weight is 549 g/mol. The molecule has 0 N–H and O–H groups in total. The van der Waals surface area contributed by atoms with Crippen molar-refractivity contribution in [2.45, 2.75) is 19.9 Å². The number of carbonyl (C=O) groups excluding carboxylic acids is 1. The van der Waals surface area contributed by atoms with Crippen LogP contribution in [0, 0.1) is 0 Å². The van der Waals surface area contributed by atoms with Crippen LogP contribution in [0.3, 0.4) is 0 Å². The molecule has 7 rings (SSSR count). The fourth-order valence-corrected chi connectivity index (χ4v) is 6.55. The zero-order valence-electron chi connectivity index (χ0n) is 21.8. The Kier molecular flexibility index (Phi) is 5.78. The van der Waals surface area contributed by atoms with Gasteiger partial charge in [-0.15, -0.1) is 0 Å². The van der Waals surface area contributed by atoms with Gasteiger partial charge in [0.2, 0.25) is 6.79 Å². The highest BCUT2D eigenvalue weighted by Gasteiger charge is 2.34. The van der Waals surface area contributed by atoms with Crippen LogP contribution >= 0.6 is 11.3 Å². The Morgan fingerprint density at radius 2 is 1.73 bits per heavy atom. The molecule has 198 valence electrons. The molecule has 0 bridgehead atoms. The third-order valence-electron chi connectivity index (χ3n) is 7.32. The van der Waals surface area contributed by atoms with Crippen molar-refractivity contribution in [2.24, 2.45) is 4.99 Å². The van der Waals surface area contributed by atoms with Crippen LogP contribution in [0.2, 0.25) is 0 Å². The maximum Gasteiger partial charge on any atom is 0.338 e. The second-order valence-corrected chi connectivity index (χ2v) is 10.7. The zero-order chi connectivity index (χ0) is 27.4. The summed E-state index contributed by atoms with van der Waals surface area (Å²) in [6.07, 6.45) is 1.95. The van der Waals surface area contributed by atoms with E-state index in [0.29, 0.717) is 37.7 Å². The number of fused-ring (bicyclic) bond motifs is 4. The van der Waals surface area contributed by atoms with E-state index in [4.69, 9.17) is 19.2 Å². The topological polar surface area (TPSA) is 79.1 Å². The molecular formula is C32H24N2O5S. The first-order valence-electron chi connectivity index (χ1n) is 13.0. The van der Waals surface area contributed by atoms with Gasteiger partial charge >= 0.3 is 5.97 Å². The van der Waals surface area contributed by atoms with Gasteiger partial charge in [0, 0.05) is 0 Å². The quantitative estimate of drug-likeness (QED) is 0.237. The van der Waals surface area contributed by atoms with Gasteiger partial charge in [-0.05, 0) is 70.8 Å². The van der Waals surface area contributed by atoms with Crippen LogP contribution < -0.4 is 24.4 Å². The normalized spacial score (nSPS) is 16.4. The minimum atomic E-state index is -0.726. The molecule has 1 aromatic heterocycles. The van der Waals surface area contributed by atoms with Crippen molar-refractivity contribution in [3.63, 3.8) is 0 Å². The predicted molar refractivity (Wildman–Crippen MR) is 154 cm³/mol. The Morgan fingerprint density at radius 3 is 2.45 bits per heavy atom. The van der Waals surface area contributed by atoms with E-state index in [-0.39, 0.29) is 19.0 Å². The van der Waals surface area contributed by atoms with Crippen LogP contribution in [0.5, 0.6) is 11.5 Å². The van der Waals surface area contributed by atoms with Crippen molar-refractivity contribution in [1.29, 1.82) is 0 Å². The van der Waals surface area contributed by atoms with Crippen LogP contribution in [0.15, 0.2) is 93.9 Å². The Bertz CT molecular complexity index is 2020. The summed E-state index contributed by atoms with van der Waals surface area (Å²) in [6.45, 7) is 3.87. The molecule has 5 aromatic rings. The lowest BCUT2D eigenvalue weighted by Crippen LogP contribution is -2.39. The molecule has 2 aliphatic heterocycles. The van der Waals surface area contributed by atoms with Crippen molar-refractivity contribution in [1.82, 2.24) is 4.57 Å². The highest BCUT2D eigenvalue weighted by atomic mass is 32.1. The molecule has 40 heavy (non-hydrogen) atoms. The molecule has 0 amide bonds. The van der Waals surface area contributed by atoms with Gasteiger partial charge in [-0.3, -0.25) is 9.36 Å². The molecule has 0 spiro atoms. The molecule has 0 fully saturated rings. The number of hydrogen-bond acceptors (Lipinski definition) is 7. The van der Waals surface area contributed by atoms with Gasteiger partial charge in [0.05, 0.1) is 28.5 Å². The van der Waals surface area contributed by atoms with Gasteiger partial charge in [-0.2, -0.15) is 0 Å². The van der Waals surface area contributed by atoms with Crippen LogP contribution in [-0.4, -0.2) is 23.9 Å². The first-order chi connectivity index (χ1) is 19.5. The summed E-state index contributed by atoms with van der Waals surface area (Å²) >= 11 is 1.31. The first kappa shape index (κ1) is 24.4. The molecule has 0 radical (unpaired) electrons. The van der Waals surface area contributed by atoms with Crippen molar-refractivity contribution in [3.05, 3.63) is 115 Å². The Morgan fingerprint density at radius 1 is 1.02 bits per heavy atom. The van der Waals surface area contributed by atoms with E-state index < -0.39 is 12.0 Å². The molecule has 0 saturated carbocycles. The number of esters is 1. The molecule has 4 aromatic carbocycles. The summed E-state index contributed by atoms with van der Waals surface area (Å²) in [5.74, 6) is 0.692. The van der Waals surface area contributed by atoms with E-state index in [1.807, 2.05) is 42.5 Å². The number of nitrogens with zero attached hydrogens (tertiary/aromatic N) is 2. The second kappa shape index (κ2) is 9.50. The van der Waals surface area contributed by atoms with Gasteiger partial charge in [0.25, 0.3) is 5.56 Å². The molecule has 8 heteroatoms. The van der Waals surface area contributed by atoms with Gasteiger partial charge in [-0.25, -0.2) is 9.79 Å². The predicted octanol–water partition coefficient (Wildman–Crippen LogP) is 4.83. The van der Waals surface area contributed by atoms with Crippen molar-refractivity contribution in [3.8, 4) is 11.5 Å². The van der Waals surface area contributed by atoms with E-state index in [2.05, 4.69) is 30.3 Å². The Hall–Kier alpha value is -4.69.